The molecule has 0 fully saturated rings. The number of nitriles is 1. The molecule has 1 aromatic rings. The molecule has 0 saturated carbocycles. The quantitative estimate of drug-likeness (QED) is 0.807. The highest BCUT2D eigenvalue weighted by atomic mass is 19.4. The van der Waals surface area contributed by atoms with Gasteiger partial charge in [0.1, 0.15) is 23.9 Å². The van der Waals surface area contributed by atoms with E-state index in [4.69, 9.17) is 10.00 Å². The largest absolute Gasteiger partial charge is 0.475 e. The molecule has 0 aliphatic rings. The van der Waals surface area contributed by atoms with Gasteiger partial charge in [-0.25, -0.2) is 4.98 Å². The van der Waals surface area contributed by atoms with E-state index in [0.717, 1.165) is 25.2 Å². The summed E-state index contributed by atoms with van der Waals surface area (Å²) in [5.74, 6) is -0.269. The fourth-order valence-electron chi connectivity index (χ4n) is 1.60. The second kappa shape index (κ2) is 7.10. The molecule has 4 nitrogen and oxygen atoms in total. The maximum Gasteiger partial charge on any atom is 0.433 e. The molecule has 0 spiro atoms. The SMILES string of the molecule is CCN(CC)CCOc1nc(C(F)(F)F)ccc1C#N. The van der Waals surface area contributed by atoms with Crippen LogP contribution in [0, 0.1) is 11.3 Å². The summed E-state index contributed by atoms with van der Waals surface area (Å²) in [6.07, 6.45) is -4.55. The second-order valence-electron chi connectivity index (χ2n) is 4.03. The van der Waals surface area contributed by atoms with Crippen molar-refractivity contribution in [2.75, 3.05) is 26.2 Å². The highest BCUT2D eigenvalue weighted by molar-refractivity contribution is 5.39. The predicted octanol–water partition coefficient (Wildman–Crippen LogP) is 2.69. The van der Waals surface area contributed by atoms with E-state index in [1.54, 1.807) is 6.07 Å². The van der Waals surface area contributed by atoms with Crippen LogP contribution in [0.5, 0.6) is 5.88 Å². The molecule has 0 bridgehead atoms. The smallest absolute Gasteiger partial charge is 0.433 e. The Balaban J connectivity index is 2.80. The van der Waals surface area contributed by atoms with E-state index in [9.17, 15) is 13.2 Å². The fraction of sp³-hybridized carbons (Fsp3) is 0.538. The summed E-state index contributed by atoms with van der Waals surface area (Å²) in [5, 5.41) is 8.85. The fourth-order valence-corrected chi connectivity index (χ4v) is 1.60. The maximum absolute atomic E-state index is 12.6. The van der Waals surface area contributed by atoms with E-state index in [-0.39, 0.29) is 18.1 Å². The molecule has 7 heteroatoms. The first-order valence-electron chi connectivity index (χ1n) is 6.25. The highest BCUT2D eigenvalue weighted by Gasteiger charge is 2.33. The van der Waals surface area contributed by atoms with Crippen molar-refractivity contribution >= 4 is 0 Å². The molecule has 1 rings (SSSR count). The van der Waals surface area contributed by atoms with E-state index < -0.39 is 11.9 Å². The monoisotopic (exact) mass is 287 g/mol. The summed E-state index contributed by atoms with van der Waals surface area (Å²) in [6, 6.07) is 3.62. The van der Waals surface area contributed by atoms with E-state index in [0.29, 0.717) is 6.54 Å². The molecule has 1 aromatic heterocycles. The molecular formula is C13H16F3N3O. The molecule has 0 saturated heterocycles. The molecular weight excluding hydrogens is 271 g/mol. The van der Waals surface area contributed by atoms with Gasteiger partial charge in [-0.2, -0.15) is 18.4 Å². The van der Waals surface area contributed by atoms with Crippen LogP contribution in [0.3, 0.4) is 0 Å². The van der Waals surface area contributed by atoms with Crippen LogP contribution in [0.1, 0.15) is 25.1 Å². The van der Waals surface area contributed by atoms with Crippen LogP contribution < -0.4 is 4.74 Å². The second-order valence-corrected chi connectivity index (χ2v) is 4.03. The maximum atomic E-state index is 12.6. The van der Waals surface area contributed by atoms with Crippen LogP contribution in [0.25, 0.3) is 0 Å². The Morgan fingerprint density at radius 2 is 1.95 bits per heavy atom. The lowest BCUT2D eigenvalue weighted by Crippen LogP contribution is -2.28. The van der Waals surface area contributed by atoms with Gasteiger partial charge < -0.3 is 9.64 Å². The molecule has 0 N–H and O–H groups in total. The number of aromatic nitrogens is 1. The van der Waals surface area contributed by atoms with Crippen LogP contribution in [-0.4, -0.2) is 36.1 Å². The van der Waals surface area contributed by atoms with E-state index in [1.807, 2.05) is 13.8 Å². The Kier molecular flexibility index (Phi) is 5.77. The predicted molar refractivity (Wildman–Crippen MR) is 67.2 cm³/mol. The number of halogens is 3. The minimum atomic E-state index is -4.55. The van der Waals surface area contributed by atoms with Crippen molar-refractivity contribution < 1.29 is 17.9 Å². The number of hydrogen-bond donors (Lipinski definition) is 0. The number of hydrogen-bond acceptors (Lipinski definition) is 4. The van der Waals surface area contributed by atoms with Gasteiger partial charge in [-0.05, 0) is 25.2 Å². The Hall–Kier alpha value is -1.81. The van der Waals surface area contributed by atoms with Crippen molar-refractivity contribution in [3.05, 3.63) is 23.4 Å². The normalized spacial score (nSPS) is 11.4. The van der Waals surface area contributed by atoms with Gasteiger partial charge in [0.05, 0.1) is 0 Å². The van der Waals surface area contributed by atoms with Crippen LogP contribution in [0.2, 0.25) is 0 Å². The van der Waals surface area contributed by atoms with E-state index in [1.165, 1.54) is 0 Å². The first kappa shape index (κ1) is 16.2. The standard InChI is InChI=1S/C13H16F3N3O/c1-3-19(4-2)7-8-20-12-10(9-17)5-6-11(18-12)13(14,15)16/h5-6H,3-4,7-8H2,1-2H3. The van der Waals surface area contributed by atoms with E-state index >= 15 is 0 Å². The summed E-state index contributed by atoms with van der Waals surface area (Å²) < 4.78 is 42.9. The van der Waals surface area contributed by atoms with Crippen molar-refractivity contribution in [1.29, 1.82) is 5.26 Å². The minimum Gasteiger partial charge on any atom is -0.475 e. The Labute approximate surface area is 115 Å². The van der Waals surface area contributed by atoms with Gasteiger partial charge in [0.2, 0.25) is 5.88 Å². The molecule has 110 valence electrons. The van der Waals surface area contributed by atoms with Gasteiger partial charge in [-0.3, -0.25) is 0 Å². The molecule has 0 aliphatic heterocycles. The van der Waals surface area contributed by atoms with Crippen molar-refractivity contribution in [1.82, 2.24) is 9.88 Å². The molecule has 0 aliphatic carbocycles. The zero-order chi connectivity index (χ0) is 15.2. The molecule has 0 unspecified atom stereocenters. The average molecular weight is 287 g/mol. The van der Waals surface area contributed by atoms with Gasteiger partial charge in [0.25, 0.3) is 0 Å². The number of rotatable bonds is 6. The summed E-state index contributed by atoms with van der Waals surface area (Å²) >= 11 is 0. The number of likely N-dealkylation sites (N-methyl/N-ethyl adjacent to an activating group) is 1. The number of alkyl halides is 3. The third-order valence-electron chi connectivity index (χ3n) is 2.81. The van der Waals surface area contributed by atoms with Gasteiger partial charge >= 0.3 is 6.18 Å². The summed E-state index contributed by atoms with van der Waals surface area (Å²) in [5.41, 5.74) is -1.06. The third-order valence-corrected chi connectivity index (χ3v) is 2.81. The minimum absolute atomic E-state index is 0.00227. The van der Waals surface area contributed by atoms with Gasteiger partial charge in [0.15, 0.2) is 0 Å². The van der Waals surface area contributed by atoms with Crippen molar-refractivity contribution in [2.24, 2.45) is 0 Å². The summed E-state index contributed by atoms with van der Waals surface area (Å²) in [7, 11) is 0. The van der Waals surface area contributed by atoms with Crippen molar-refractivity contribution in [3.8, 4) is 11.9 Å². The lowest BCUT2D eigenvalue weighted by molar-refractivity contribution is -0.141. The summed E-state index contributed by atoms with van der Waals surface area (Å²) in [6.45, 7) is 6.35. The molecule has 0 radical (unpaired) electrons. The molecule has 0 amide bonds. The first-order chi connectivity index (χ1) is 9.42. The van der Waals surface area contributed by atoms with Gasteiger partial charge in [-0.1, -0.05) is 13.8 Å². The Bertz CT molecular complexity index is 479. The highest BCUT2D eigenvalue weighted by Crippen LogP contribution is 2.29. The number of ether oxygens (including phenoxy) is 1. The van der Waals surface area contributed by atoms with Crippen LogP contribution in [-0.2, 0) is 6.18 Å². The Morgan fingerprint density at radius 3 is 2.45 bits per heavy atom. The molecule has 1 heterocycles. The van der Waals surface area contributed by atoms with Gasteiger partial charge in [0, 0.05) is 6.54 Å². The van der Waals surface area contributed by atoms with E-state index in [2.05, 4.69) is 9.88 Å². The number of pyridine rings is 1. The van der Waals surface area contributed by atoms with Gasteiger partial charge in [-0.15, -0.1) is 0 Å². The van der Waals surface area contributed by atoms with Crippen molar-refractivity contribution in [2.45, 2.75) is 20.0 Å². The molecule has 20 heavy (non-hydrogen) atoms. The molecule has 0 aromatic carbocycles. The van der Waals surface area contributed by atoms with Crippen molar-refractivity contribution in [3.63, 3.8) is 0 Å². The molecule has 0 atom stereocenters. The van der Waals surface area contributed by atoms with Crippen LogP contribution >= 0.6 is 0 Å². The topological polar surface area (TPSA) is 49.1 Å². The lowest BCUT2D eigenvalue weighted by atomic mass is 10.2. The lowest BCUT2D eigenvalue weighted by Gasteiger charge is -2.18. The first-order valence-corrected chi connectivity index (χ1v) is 6.25. The zero-order valence-corrected chi connectivity index (χ0v) is 11.4. The summed E-state index contributed by atoms with van der Waals surface area (Å²) in [4.78, 5) is 5.43. The van der Waals surface area contributed by atoms with Crippen LogP contribution in [0.4, 0.5) is 13.2 Å². The Morgan fingerprint density at radius 1 is 1.30 bits per heavy atom. The average Bonchev–Trinajstić information content (AvgIpc) is 2.42. The zero-order valence-electron chi connectivity index (χ0n) is 11.4. The number of nitrogens with zero attached hydrogens (tertiary/aromatic N) is 3. The third kappa shape index (κ3) is 4.38. The van der Waals surface area contributed by atoms with Crippen LogP contribution in [0.15, 0.2) is 12.1 Å².